The van der Waals surface area contributed by atoms with Gasteiger partial charge in [0.25, 0.3) is 23.4 Å². The quantitative estimate of drug-likeness (QED) is 0.226. The molecule has 1 unspecified atom stereocenters. The zero-order valence-electron chi connectivity index (χ0n) is 19.7. The average molecular weight is 508 g/mol. The summed E-state index contributed by atoms with van der Waals surface area (Å²) < 4.78 is 5.14. The van der Waals surface area contributed by atoms with Gasteiger partial charge in [-0.15, -0.1) is 0 Å². The summed E-state index contributed by atoms with van der Waals surface area (Å²) in [4.78, 5) is 74.8. The number of benzene rings is 2. The number of ether oxygens (including phenoxy) is 1. The number of rotatable bonds is 9. The minimum Gasteiger partial charge on any atom is -0.445 e. The number of hydrogen-bond acceptors (Lipinski definition) is 8. The number of nitro benzene ring substituents is 1. The van der Waals surface area contributed by atoms with Gasteiger partial charge in [-0.2, -0.15) is 0 Å². The molecule has 0 saturated carbocycles. The fraction of sp³-hybridized carbons (Fsp3) is 0.320. The second kappa shape index (κ2) is 10.6. The molecular weight excluding hydrogens is 484 g/mol. The molecule has 2 heterocycles. The largest absolute Gasteiger partial charge is 0.445 e. The van der Waals surface area contributed by atoms with Gasteiger partial charge < -0.3 is 10.1 Å². The van der Waals surface area contributed by atoms with E-state index in [0.29, 0.717) is 12.8 Å². The van der Waals surface area contributed by atoms with Crippen molar-refractivity contribution in [3.63, 3.8) is 0 Å². The number of carbonyl (C=O) groups excluding carboxylic acids is 5. The molecule has 0 radical (unpaired) electrons. The van der Waals surface area contributed by atoms with Crippen molar-refractivity contribution in [1.82, 2.24) is 15.5 Å². The van der Waals surface area contributed by atoms with Crippen LogP contribution in [0, 0.1) is 10.1 Å². The van der Waals surface area contributed by atoms with Gasteiger partial charge in [0, 0.05) is 19.0 Å². The van der Waals surface area contributed by atoms with Crippen molar-refractivity contribution in [2.24, 2.45) is 0 Å². The van der Waals surface area contributed by atoms with Gasteiger partial charge in [0.1, 0.15) is 17.7 Å². The number of amides is 5. The van der Waals surface area contributed by atoms with Crippen LogP contribution in [0.4, 0.5) is 10.5 Å². The van der Waals surface area contributed by atoms with E-state index in [2.05, 4.69) is 10.6 Å². The van der Waals surface area contributed by atoms with E-state index in [1.807, 2.05) is 30.3 Å². The Morgan fingerprint density at radius 2 is 1.81 bits per heavy atom. The first-order valence-corrected chi connectivity index (χ1v) is 11.7. The predicted octanol–water partition coefficient (Wildman–Crippen LogP) is 2.46. The second-order valence-electron chi connectivity index (χ2n) is 8.76. The van der Waals surface area contributed by atoms with Crippen molar-refractivity contribution < 1.29 is 33.6 Å². The van der Waals surface area contributed by atoms with Crippen LogP contribution in [0.25, 0.3) is 0 Å². The van der Waals surface area contributed by atoms with Crippen LogP contribution in [0.2, 0.25) is 0 Å². The first-order chi connectivity index (χ1) is 17.7. The van der Waals surface area contributed by atoms with Crippen molar-refractivity contribution in [2.45, 2.75) is 44.2 Å². The van der Waals surface area contributed by atoms with E-state index in [1.54, 1.807) is 0 Å². The Bertz CT molecular complexity index is 1280. The predicted molar refractivity (Wildman–Crippen MR) is 127 cm³/mol. The van der Waals surface area contributed by atoms with Gasteiger partial charge in [-0.25, -0.2) is 4.79 Å². The van der Waals surface area contributed by atoms with Crippen LogP contribution in [0.3, 0.4) is 0 Å². The van der Waals surface area contributed by atoms with Crippen molar-refractivity contribution >= 4 is 35.4 Å². The van der Waals surface area contributed by atoms with Gasteiger partial charge in [-0.05, 0) is 37.3 Å². The Labute approximate surface area is 211 Å². The minimum atomic E-state index is -1.69. The third-order valence-corrected chi connectivity index (χ3v) is 6.46. The van der Waals surface area contributed by atoms with Gasteiger partial charge in [0.05, 0.1) is 10.5 Å². The first-order valence-electron chi connectivity index (χ1n) is 11.7. The summed E-state index contributed by atoms with van der Waals surface area (Å²) in [7, 11) is 0. The molecule has 2 N–H and O–H groups in total. The highest BCUT2D eigenvalue weighted by atomic mass is 16.6. The number of imide groups is 2. The summed E-state index contributed by atoms with van der Waals surface area (Å²) in [5.74, 6) is -3.11. The number of nitrogens with one attached hydrogen (secondary N) is 2. The molecule has 12 heteroatoms. The molecule has 0 aromatic heterocycles. The number of hydrogen-bond donors (Lipinski definition) is 2. The maximum absolute atomic E-state index is 13.3. The summed E-state index contributed by atoms with van der Waals surface area (Å²) in [6, 6.07) is 12.9. The van der Waals surface area contributed by atoms with Crippen molar-refractivity contribution in [2.75, 3.05) is 6.54 Å². The van der Waals surface area contributed by atoms with Crippen LogP contribution in [0.1, 0.15) is 58.4 Å². The molecule has 1 saturated heterocycles. The number of carbonyl (C=O) groups is 5. The molecule has 2 aliphatic heterocycles. The molecular formula is C25H24N4O8. The number of nitrogens with zero attached hydrogens (tertiary/aromatic N) is 2. The monoisotopic (exact) mass is 508 g/mol. The standard InChI is InChI=1S/C25H24N4O8/c30-19-11-13-25(23(33)27-19,12-4-5-14-26-24(34)37-15-16-7-2-1-3-8-16)28-21(31)17-9-6-10-18(29(35)36)20(17)22(28)32/h1-3,6-10H,4-5,11-15H2,(H,26,34)(H,27,30,33). The third kappa shape index (κ3) is 5.03. The molecule has 1 atom stereocenters. The second-order valence-corrected chi connectivity index (χ2v) is 8.76. The summed E-state index contributed by atoms with van der Waals surface area (Å²) in [5.41, 5.74) is -1.92. The lowest BCUT2D eigenvalue weighted by Gasteiger charge is -2.41. The lowest BCUT2D eigenvalue weighted by Crippen LogP contribution is -2.64. The third-order valence-electron chi connectivity index (χ3n) is 6.46. The first kappa shape index (κ1) is 25.5. The van der Waals surface area contributed by atoms with Crippen molar-refractivity contribution in [1.29, 1.82) is 0 Å². The molecule has 5 amide bonds. The highest BCUT2D eigenvalue weighted by Crippen LogP contribution is 2.40. The summed E-state index contributed by atoms with van der Waals surface area (Å²) in [5, 5.41) is 16.3. The number of piperidine rings is 1. The van der Waals surface area contributed by atoms with E-state index >= 15 is 0 Å². The normalized spacial score (nSPS) is 18.9. The summed E-state index contributed by atoms with van der Waals surface area (Å²) >= 11 is 0. The number of unbranched alkanes of at least 4 members (excludes halogenated alkanes) is 1. The van der Waals surface area contributed by atoms with E-state index in [9.17, 15) is 34.1 Å². The van der Waals surface area contributed by atoms with Gasteiger partial charge in [-0.3, -0.25) is 39.5 Å². The summed E-state index contributed by atoms with van der Waals surface area (Å²) in [6.07, 6.45) is -0.142. The Kier molecular flexibility index (Phi) is 7.27. The molecule has 0 spiro atoms. The minimum absolute atomic E-state index is 0.00607. The molecule has 0 bridgehead atoms. The Morgan fingerprint density at radius 1 is 1.05 bits per heavy atom. The van der Waals surface area contributed by atoms with E-state index in [-0.39, 0.29) is 43.5 Å². The van der Waals surface area contributed by atoms with Crippen molar-refractivity contribution in [3.05, 3.63) is 75.3 Å². The zero-order valence-corrected chi connectivity index (χ0v) is 19.7. The molecule has 37 heavy (non-hydrogen) atoms. The van der Waals surface area contributed by atoms with E-state index < -0.39 is 45.9 Å². The average Bonchev–Trinajstić information content (AvgIpc) is 3.15. The number of nitro groups is 1. The van der Waals surface area contributed by atoms with Crippen molar-refractivity contribution in [3.8, 4) is 0 Å². The number of fused-ring (bicyclic) bond motifs is 1. The topological polar surface area (TPSA) is 165 Å². The van der Waals surface area contributed by atoms with Crippen LogP contribution in [0.5, 0.6) is 0 Å². The molecule has 1 fully saturated rings. The van der Waals surface area contributed by atoms with Crippen LogP contribution in [-0.2, 0) is 20.9 Å². The maximum Gasteiger partial charge on any atom is 0.407 e. The Hall–Kier alpha value is -4.61. The van der Waals surface area contributed by atoms with Gasteiger partial charge in [0.15, 0.2) is 0 Å². The fourth-order valence-corrected chi connectivity index (χ4v) is 4.62. The van der Waals surface area contributed by atoms with Gasteiger partial charge >= 0.3 is 6.09 Å². The number of alkyl carbamates (subject to hydrolysis) is 1. The fourth-order valence-electron chi connectivity index (χ4n) is 4.62. The highest BCUT2D eigenvalue weighted by Gasteiger charge is 2.56. The Morgan fingerprint density at radius 3 is 2.51 bits per heavy atom. The van der Waals surface area contributed by atoms with Gasteiger partial charge in [0.2, 0.25) is 5.91 Å². The molecule has 0 aliphatic carbocycles. The lowest BCUT2D eigenvalue weighted by atomic mass is 9.82. The molecule has 12 nitrogen and oxygen atoms in total. The van der Waals surface area contributed by atoms with Crippen LogP contribution in [0.15, 0.2) is 48.5 Å². The molecule has 192 valence electrons. The van der Waals surface area contributed by atoms with E-state index in [1.165, 1.54) is 12.1 Å². The SMILES string of the molecule is O=C1CCC(CCCCNC(=O)OCc2ccccc2)(N2C(=O)c3cccc([N+](=O)[O-])c3C2=O)C(=O)N1. The van der Waals surface area contributed by atoms with Gasteiger partial charge in [-0.1, -0.05) is 36.4 Å². The van der Waals surface area contributed by atoms with Crippen LogP contribution < -0.4 is 10.6 Å². The van der Waals surface area contributed by atoms with Crippen LogP contribution >= 0.6 is 0 Å². The lowest BCUT2D eigenvalue weighted by molar-refractivity contribution is -0.385. The molecule has 2 aliphatic rings. The molecule has 4 rings (SSSR count). The molecule has 2 aromatic carbocycles. The Balaban J connectivity index is 1.43. The zero-order chi connectivity index (χ0) is 26.6. The van der Waals surface area contributed by atoms with Crippen LogP contribution in [-0.4, -0.2) is 51.6 Å². The molecule has 2 aromatic rings. The highest BCUT2D eigenvalue weighted by molar-refractivity contribution is 6.25. The summed E-state index contributed by atoms with van der Waals surface area (Å²) in [6.45, 7) is 0.313. The smallest absolute Gasteiger partial charge is 0.407 e. The van der Waals surface area contributed by atoms with E-state index in [4.69, 9.17) is 4.74 Å². The maximum atomic E-state index is 13.3. The van der Waals surface area contributed by atoms with E-state index in [0.717, 1.165) is 16.5 Å².